The Morgan fingerprint density at radius 1 is 1.29 bits per heavy atom. The normalized spacial score (nSPS) is 21.0. The molecule has 0 aromatic heterocycles. The van der Waals surface area contributed by atoms with E-state index in [0.717, 1.165) is 17.7 Å². The first-order valence-corrected chi connectivity index (χ1v) is 7.14. The van der Waals surface area contributed by atoms with Crippen LogP contribution in [0.2, 0.25) is 0 Å². The molecule has 1 N–H and O–H groups in total. The fourth-order valence-corrected chi connectivity index (χ4v) is 3.00. The molecule has 2 rings (SSSR count). The number of carboxylic acid groups (broad SMARTS) is 1. The van der Waals surface area contributed by atoms with E-state index in [9.17, 15) is 14.7 Å². The molecular formula is C16H21NO4. The Morgan fingerprint density at radius 3 is 2.62 bits per heavy atom. The summed E-state index contributed by atoms with van der Waals surface area (Å²) in [7, 11) is 3.31. The highest BCUT2D eigenvalue weighted by Gasteiger charge is 2.39. The molecule has 2 unspecified atom stereocenters. The SMILES string of the molecule is COc1ccccc1CN(C)C(=O)C1CCCC1C(=O)O. The van der Waals surface area contributed by atoms with Crippen molar-refractivity contribution >= 4 is 11.9 Å². The highest BCUT2D eigenvalue weighted by molar-refractivity contribution is 5.85. The van der Waals surface area contributed by atoms with Crippen molar-refractivity contribution in [3.63, 3.8) is 0 Å². The summed E-state index contributed by atoms with van der Waals surface area (Å²) in [4.78, 5) is 25.3. The first-order valence-electron chi connectivity index (χ1n) is 7.14. The van der Waals surface area contributed by atoms with E-state index in [1.54, 1.807) is 19.1 Å². The molecular weight excluding hydrogens is 270 g/mol. The molecule has 1 aromatic rings. The smallest absolute Gasteiger partial charge is 0.307 e. The monoisotopic (exact) mass is 291 g/mol. The number of carboxylic acids is 1. The highest BCUT2D eigenvalue weighted by Crippen LogP contribution is 2.33. The lowest BCUT2D eigenvalue weighted by atomic mass is 9.94. The quantitative estimate of drug-likeness (QED) is 0.902. The third-order valence-electron chi connectivity index (χ3n) is 4.13. The van der Waals surface area contributed by atoms with Crippen molar-refractivity contribution in [1.82, 2.24) is 4.90 Å². The Kier molecular flexibility index (Phi) is 4.83. The van der Waals surface area contributed by atoms with E-state index in [2.05, 4.69) is 0 Å². The van der Waals surface area contributed by atoms with Crippen molar-refractivity contribution in [1.29, 1.82) is 0 Å². The molecule has 5 nitrogen and oxygen atoms in total. The van der Waals surface area contributed by atoms with Crippen molar-refractivity contribution in [2.45, 2.75) is 25.8 Å². The highest BCUT2D eigenvalue weighted by atomic mass is 16.5. The maximum Gasteiger partial charge on any atom is 0.307 e. The van der Waals surface area contributed by atoms with Crippen molar-refractivity contribution in [3.05, 3.63) is 29.8 Å². The average molecular weight is 291 g/mol. The molecule has 5 heteroatoms. The third kappa shape index (κ3) is 3.35. The van der Waals surface area contributed by atoms with Crippen LogP contribution in [0, 0.1) is 11.8 Å². The zero-order chi connectivity index (χ0) is 15.4. The Hall–Kier alpha value is -2.04. The van der Waals surface area contributed by atoms with E-state index in [0.29, 0.717) is 19.4 Å². The van der Waals surface area contributed by atoms with E-state index in [1.807, 2.05) is 24.3 Å². The van der Waals surface area contributed by atoms with Gasteiger partial charge in [-0.15, -0.1) is 0 Å². The van der Waals surface area contributed by atoms with Gasteiger partial charge >= 0.3 is 5.97 Å². The number of benzene rings is 1. The topological polar surface area (TPSA) is 66.8 Å². The Balaban J connectivity index is 2.07. The lowest BCUT2D eigenvalue weighted by Gasteiger charge is -2.24. The molecule has 1 amide bonds. The van der Waals surface area contributed by atoms with E-state index >= 15 is 0 Å². The largest absolute Gasteiger partial charge is 0.496 e. The summed E-state index contributed by atoms with van der Waals surface area (Å²) in [5, 5.41) is 9.20. The van der Waals surface area contributed by atoms with E-state index in [1.165, 1.54) is 0 Å². The summed E-state index contributed by atoms with van der Waals surface area (Å²) >= 11 is 0. The number of aliphatic carboxylic acids is 1. The number of rotatable bonds is 5. The number of carbonyl (C=O) groups excluding carboxylic acids is 1. The lowest BCUT2D eigenvalue weighted by Crippen LogP contribution is -2.36. The Morgan fingerprint density at radius 2 is 1.95 bits per heavy atom. The lowest BCUT2D eigenvalue weighted by molar-refractivity contribution is -0.148. The standard InChI is InChI=1S/C16H21NO4/c1-17(10-11-6-3-4-9-14(11)21-2)15(18)12-7-5-8-13(12)16(19)20/h3-4,6,9,12-13H,5,7-8,10H2,1-2H3,(H,19,20). The second kappa shape index (κ2) is 6.61. The van der Waals surface area contributed by atoms with Gasteiger partial charge in [-0.1, -0.05) is 24.6 Å². The van der Waals surface area contributed by atoms with Gasteiger partial charge in [0.2, 0.25) is 5.91 Å². The zero-order valence-corrected chi connectivity index (χ0v) is 12.4. The van der Waals surface area contributed by atoms with Crippen LogP contribution in [-0.2, 0) is 16.1 Å². The zero-order valence-electron chi connectivity index (χ0n) is 12.4. The number of para-hydroxylation sites is 1. The summed E-state index contributed by atoms with van der Waals surface area (Å²) in [6.45, 7) is 0.422. The molecule has 0 saturated heterocycles. The maximum atomic E-state index is 12.5. The van der Waals surface area contributed by atoms with Crippen LogP contribution in [-0.4, -0.2) is 36.0 Å². The fraction of sp³-hybridized carbons (Fsp3) is 0.500. The van der Waals surface area contributed by atoms with E-state index in [-0.39, 0.29) is 5.91 Å². The van der Waals surface area contributed by atoms with Gasteiger partial charge in [0.15, 0.2) is 0 Å². The van der Waals surface area contributed by atoms with Crippen LogP contribution in [0.3, 0.4) is 0 Å². The van der Waals surface area contributed by atoms with Crippen molar-refractivity contribution in [3.8, 4) is 5.75 Å². The molecule has 21 heavy (non-hydrogen) atoms. The van der Waals surface area contributed by atoms with Crippen LogP contribution in [0.5, 0.6) is 5.75 Å². The second-order valence-electron chi connectivity index (χ2n) is 5.49. The summed E-state index contributed by atoms with van der Waals surface area (Å²) in [6.07, 6.45) is 2.05. The van der Waals surface area contributed by atoms with Gasteiger partial charge in [-0.3, -0.25) is 9.59 Å². The molecule has 0 radical (unpaired) electrons. The first kappa shape index (κ1) is 15.4. The predicted octanol–water partition coefficient (Wildman–Crippen LogP) is 2.15. The molecule has 0 spiro atoms. The van der Waals surface area contributed by atoms with Crippen LogP contribution in [0.1, 0.15) is 24.8 Å². The summed E-state index contributed by atoms with van der Waals surface area (Å²) < 4.78 is 5.28. The minimum atomic E-state index is -0.864. The van der Waals surface area contributed by atoms with E-state index in [4.69, 9.17) is 4.74 Å². The number of methoxy groups -OCH3 is 1. The second-order valence-corrected chi connectivity index (χ2v) is 5.49. The Labute approximate surface area is 124 Å². The van der Waals surface area contributed by atoms with Crippen molar-refractivity contribution in [2.24, 2.45) is 11.8 Å². The molecule has 1 saturated carbocycles. The molecule has 0 heterocycles. The van der Waals surface area contributed by atoms with Crippen molar-refractivity contribution < 1.29 is 19.4 Å². The predicted molar refractivity (Wildman–Crippen MR) is 77.9 cm³/mol. The third-order valence-corrected chi connectivity index (χ3v) is 4.13. The molecule has 1 fully saturated rings. The van der Waals surface area contributed by atoms with Crippen LogP contribution in [0.15, 0.2) is 24.3 Å². The molecule has 2 atom stereocenters. The van der Waals surface area contributed by atoms with Gasteiger partial charge in [-0.2, -0.15) is 0 Å². The van der Waals surface area contributed by atoms with Crippen LogP contribution < -0.4 is 4.74 Å². The van der Waals surface area contributed by atoms with Gasteiger partial charge in [0, 0.05) is 19.2 Å². The number of hydrogen-bond acceptors (Lipinski definition) is 3. The number of ether oxygens (including phenoxy) is 1. The molecule has 1 aliphatic carbocycles. The summed E-state index contributed by atoms with van der Waals surface area (Å²) in [5.41, 5.74) is 0.917. The van der Waals surface area contributed by atoms with Gasteiger partial charge in [0.1, 0.15) is 5.75 Å². The number of carbonyl (C=O) groups is 2. The number of nitrogens with zero attached hydrogens (tertiary/aromatic N) is 1. The fourth-order valence-electron chi connectivity index (χ4n) is 3.00. The minimum absolute atomic E-state index is 0.0918. The summed E-state index contributed by atoms with van der Waals surface area (Å²) in [5.74, 6) is -1.17. The minimum Gasteiger partial charge on any atom is -0.496 e. The van der Waals surface area contributed by atoms with Gasteiger partial charge in [-0.25, -0.2) is 0 Å². The molecule has 114 valence electrons. The molecule has 1 aliphatic rings. The van der Waals surface area contributed by atoms with Crippen LogP contribution in [0.25, 0.3) is 0 Å². The van der Waals surface area contributed by atoms with Gasteiger partial charge in [0.25, 0.3) is 0 Å². The Bertz CT molecular complexity index is 529. The van der Waals surface area contributed by atoms with Gasteiger partial charge in [0.05, 0.1) is 18.9 Å². The van der Waals surface area contributed by atoms with Crippen molar-refractivity contribution in [2.75, 3.05) is 14.2 Å². The summed E-state index contributed by atoms with van der Waals surface area (Å²) in [6, 6.07) is 7.53. The molecule has 0 bridgehead atoms. The van der Waals surface area contributed by atoms with Crippen LogP contribution >= 0.6 is 0 Å². The van der Waals surface area contributed by atoms with Gasteiger partial charge < -0.3 is 14.7 Å². The van der Waals surface area contributed by atoms with Gasteiger partial charge in [-0.05, 0) is 18.9 Å². The first-order chi connectivity index (χ1) is 10.0. The van der Waals surface area contributed by atoms with E-state index < -0.39 is 17.8 Å². The molecule has 1 aromatic carbocycles. The average Bonchev–Trinajstić information content (AvgIpc) is 2.96. The number of amides is 1. The number of hydrogen-bond donors (Lipinski definition) is 1. The van der Waals surface area contributed by atoms with Crippen LogP contribution in [0.4, 0.5) is 0 Å². The maximum absolute atomic E-state index is 12.5. The molecule has 0 aliphatic heterocycles.